The van der Waals surface area contributed by atoms with Crippen molar-refractivity contribution in [2.24, 2.45) is 5.92 Å². The molecule has 0 saturated carbocycles. The standard InChI is InChI=1S/C14H21FN2/c1-2-16-8-6-12-7-9-17(11-12)14-5-3-4-13(15)10-14/h3-5,10,12,16H,2,6-9,11H2,1H3. The molecule has 1 unspecified atom stereocenters. The van der Waals surface area contributed by atoms with Gasteiger partial charge in [0.2, 0.25) is 0 Å². The second-order valence-corrected chi connectivity index (χ2v) is 4.72. The highest BCUT2D eigenvalue weighted by Gasteiger charge is 2.22. The van der Waals surface area contributed by atoms with Crippen molar-refractivity contribution in [2.45, 2.75) is 19.8 Å². The molecule has 0 amide bonds. The van der Waals surface area contributed by atoms with Crippen molar-refractivity contribution < 1.29 is 4.39 Å². The molecule has 0 radical (unpaired) electrons. The van der Waals surface area contributed by atoms with Gasteiger partial charge < -0.3 is 10.2 Å². The molecular formula is C14H21FN2. The minimum Gasteiger partial charge on any atom is -0.371 e. The summed E-state index contributed by atoms with van der Waals surface area (Å²) in [7, 11) is 0. The SMILES string of the molecule is CCNCCC1CCN(c2cccc(F)c2)C1. The normalized spacial score (nSPS) is 19.9. The molecule has 2 rings (SSSR count). The van der Waals surface area contributed by atoms with Crippen LogP contribution in [0, 0.1) is 11.7 Å². The van der Waals surface area contributed by atoms with E-state index in [1.807, 2.05) is 6.07 Å². The summed E-state index contributed by atoms with van der Waals surface area (Å²) in [6, 6.07) is 6.92. The van der Waals surface area contributed by atoms with E-state index in [4.69, 9.17) is 0 Å². The molecular weight excluding hydrogens is 215 g/mol. The van der Waals surface area contributed by atoms with E-state index < -0.39 is 0 Å². The van der Waals surface area contributed by atoms with Gasteiger partial charge >= 0.3 is 0 Å². The predicted molar refractivity (Wildman–Crippen MR) is 69.9 cm³/mol. The lowest BCUT2D eigenvalue weighted by molar-refractivity contribution is 0.510. The Labute approximate surface area is 103 Å². The van der Waals surface area contributed by atoms with Crippen molar-refractivity contribution in [1.82, 2.24) is 5.32 Å². The maximum atomic E-state index is 13.1. The Kier molecular flexibility index (Phi) is 4.37. The van der Waals surface area contributed by atoms with Crippen molar-refractivity contribution in [3.63, 3.8) is 0 Å². The molecule has 1 heterocycles. The van der Waals surface area contributed by atoms with E-state index in [0.29, 0.717) is 0 Å². The van der Waals surface area contributed by atoms with Gasteiger partial charge in [0.1, 0.15) is 5.82 Å². The minimum absolute atomic E-state index is 0.140. The van der Waals surface area contributed by atoms with Crippen LogP contribution in [-0.4, -0.2) is 26.2 Å². The third-order valence-electron chi connectivity index (χ3n) is 3.44. The van der Waals surface area contributed by atoms with E-state index in [-0.39, 0.29) is 5.82 Å². The monoisotopic (exact) mass is 236 g/mol. The number of benzene rings is 1. The van der Waals surface area contributed by atoms with Gasteiger partial charge in [-0.15, -0.1) is 0 Å². The highest BCUT2D eigenvalue weighted by molar-refractivity contribution is 5.47. The molecule has 1 atom stereocenters. The molecule has 3 heteroatoms. The Hall–Kier alpha value is -1.09. The van der Waals surface area contributed by atoms with Crippen molar-refractivity contribution in [3.05, 3.63) is 30.1 Å². The van der Waals surface area contributed by atoms with E-state index >= 15 is 0 Å². The number of anilines is 1. The minimum atomic E-state index is -0.140. The Balaban J connectivity index is 1.85. The summed E-state index contributed by atoms with van der Waals surface area (Å²) >= 11 is 0. The third-order valence-corrected chi connectivity index (χ3v) is 3.44. The Morgan fingerprint density at radius 3 is 3.12 bits per heavy atom. The molecule has 94 valence electrons. The molecule has 0 spiro atoms. The van der Waals surface area contributed by atoms with Gasteiger partial charge in [-0.05, 0) is 50.0 Å². The maximum Gasteiger partial charge on any atom is 0.125 e. The summed E-state index contributed by atoms with van der Waals surface area (Å²) in [5, 5.41) is 3.36. The summed E-state index contributed by atoms with van der Waals surface area (Å²) in [6.45, 7) is 6.39. The van der Waals surface area contributed by atoms with Crippen LogP contribution < -0.4 is 10.2 Å². The van der Waals surface area contributed by atoms with E-state index in [1.54, 1.807) is 12.1 Å². The average Bonchev–Trinajstić information content (AvgIpc) is 2.78. The van der Waals surface area contributed by atoms with Crippen LogP contribution in [0.1, 0.15) is 19.8 Å². The summed E-state index contributed by atoms with van der Waals surface area (Å²) in [6.07, 6.45) is 2.45. The molecule has 1 N–H and O–H groups in total. The van der Waals surface area contributed by atoms with Crippen LogP contribution in [-0.2, 0) is 0 Å². The fourth-order valence-corrected chi connectivity index (χ4v) is 2.46. The zero-order valence-electron chi connectivity index (χ0n) is 10.5. The predicted octanol–water partition coefficient (Wildman–Crippen LogP) is 2.65. The van der Waals surface area contributed by atoms with Crippen molar-refractivity contribution in [1.29, 1.82) is 0 Å². The fraction of sp³-hybridized carbons (Fsp3) is 0.571. The third kappa shape index (κ3) is 3.43. The van der Waals surface area contributed by atoms with Crippen LogP contribution in [0.5, 0.6) is 0 Å². The van der Waals surface area contributed by atoms with E-state index in [0.717, 1.165) is 37.8 Å². The molecule has 2 nitrogen and oxygen atoms in total. The Bertz CT molecular complexity index is 354. The number of nitrogens with one attached hydrogen (secondary N) is 1. The molecule has 1 aliphatic heterocycles. The van der Waals surface area contributed by atoms with Gasteiger partial charge in [-0.25, -0.2) is 4.39 Å². The van der Waals surface area contributed by atoms with Gasteiger partial charge in [0.25, 0.3) is 0 Å². The second-order valence-electron chi connectivity index (χ2n) is 4.72. The van der Waals surface area contributed by atoms with E-state index in [1.165, 1.54) is 18.9 Å². The molecule has 0 bridgehead atoms. The summed E-state index contributed by atoms with van der Waals surface area (Å²) in [5.41, 5.74) is 1.02. The Morgan fingerprint density at radius 1 is 1.47 bits per heavy atom. The maximum absolute atomic E-state index is 13.1. The summed E-state index contributed by atoms with van der Waals surface area (Å²) in [5.74, 6) is 0.607. The van der Waals surface area contributed by atoms with Crippen LogP contribution in [0.3, 0.4) is 0 Å². The van der Waals surface area contributed by atoms with Crippen LogP contribution in [0.4, 0.5) is 10.1 Å². The lowest BCUT2D eigenvalue weighted by Crippen LogP contribution is -2.22. The number of nitrogens with zero attached hydrogens (tertiary/aromatic N) is 1. The van der Waals surface area contributed by atoms with Gasteiger partial charge in [0.15, 0.2) is 0 Å². The first-order valence-electron chi connectivity index (χ1n) is 6.51. The van der Waals surface area contributed by atoms with Gasteiger partial charge in [0, 0.05) is 18.8 Å². The number of hydrogen-bond donors (Lipinski definition) is 1. The molecule has 1 fully saturated rings. The largest absolute Gasteiger partial charge is 0.371 e. The van der Waals surface area contributed by atoms with Gasteiger partial charge in [-0.3, -0.25) is 0 Å². The lowest BCUT2D eigenvalue weighted by atomic mass is 10.1. The van der Waals surface area contributed by atoms with E-state index in [9.17, 15) is 4.39 Å². The molecule has 1 aromatic carbocycles. The van der Waals surface area contributed by atoms with Crippen molar-refractivity contribution in [2.75, 3.05) is 31.1 Å². The van der Waals surface area contributed by atoms with E-state index in [2.05, 4.69) is 17.1 Å². The zero-order chi connectivity index (χ0) is 12.1. The highest BCUT2D eigenvalue weighted by Crippen LogP contribution is 2.25. The molecule has 0 aliphatic carbocycles. The van der Waals surface area contributed by atoms with Crippen molar-refractivity contribution >= 4 is 5.69 Å². The van der Waals surface area contributed by atoms with Crippen molar-refractivity contribution in [3.8, 4) is 0 Å². The summed E-state index contributed by atoms with van der Waals surface area (Å²) < 4.78 is 13.1. The van der Waals surface area contributed by atoms with Crippen LogP contribution in [0.2, 0.25) is 0 Å². The number of hydrogen-bond acceptors (Lipinski definition) is 2. The summed E-state index contributed by atoms with van der Waals surface area (Å²) in [4.78, 5) is 2.29. The van der Waals surface area contributed by atoms with Gasteiger partial charge in [0.05, 0.1) is 0 Å². The smallest absolute Gasteiger partial charge is 0.125 e. The first kappa shape index (κ1) is 12.4. The number of rotatable bonds is 5. The Morgan fingerprint density at radius 2 is 2.35 bits per heavy atom. The fourth-order valence-electron chi connectivity index (χ4n) is 2.46. The van der Waals surface area contributed by atoms with Crippen LogP contribution in [0.15, 0.2) is 24.3 Å². The first-order valence-corrected chi connectivity index (χ1v) is 6.51. The second kappa shape index (κ2) is 6.01. The molecule has 1 aromatic rings. The molecule has 17 heavy (non-hydrogen) atoms. The van der Waals surface area contributed by atoms with Crippen LogP contribution >= 0.6 is 0 Å². The highest BCUT2D eigenvalue weighted by atomic mass is 19.1. The molecule has 0 aromatic heterocycles. The first-order chi connectivity index (χ1) is 8.29. The zero-order valence-corrected chi connectivity index (χ0v) is 10.5. The number of halogens is 1. The van der Waals surface area contributed by atoms with Gasteiger partial charge in [-0.1, -0.05) is 13.0 Å². The van der Waals surface area contributed by atoms with Gasteiger partial charge in [-0.2, -0.15) is 0 Å². The molecule has 1 aliphatic rings. The lowest BCUT2D eigenvalue weighted by Gasteiger charge is -2.18. The quantitative estimate of drug-likeness (QED) is 0.791. The van der Waals surface area contributed by atoms with Crippen LogP contribution in [0.25, 0.3) is 0 Å². The molecule has 1 saturated heterocycles. The topological polar surface area (TPSA) is 15.3 Å². The average molecular weight is 236 g/mol.